The fraction of sp³-hybridized carbons (Fsp3) is 0.270. The van der Waals surface area contributed by atoms with E-state index in [-0.39, 0.29) is 10.7 Å². The predicted octanol–water partition coefficient (Wildman–Crippen LogP) is 6.08. The van der Waals surface area contributed by atoms with Gasteiger partial charge in [0.15, 0.2) is 5.11 Å². The molecule has 48 heavy (non-hydrogen) atoms. The summed E-state index contributed by atoms with van der Waals surface area (Å²) < 4.78 is 8.80. The molecule has 0 radical (unpaired) electrons. The molecular formula is C37H44BN4O5S+. The molecule has 0 spiro atoms. The Morgan fingerprint density at radius 2 is 1.52 bits per heavy atom. The summed E-state index contributed by atoms with van der Waals surface area (Å²) in [7, 11) is -1.61. The van der Waals surface area contributed by atoms with Crippen LogP contribution >= 0.6 is 12.2 Å². The summed E-state index contributed by atoms with van der Waals surface area (Å²) in [6.45, 7) is 15.8. The highest BCUT2D eigenvalue weighted by Crippen LogP contribution is 2.42. The second-order valence-electron chi connectivity index (χ2n) is 10.8. The van der Waals surface area contributed by atoms with E-state index in [4.69, 9.17) is 16.6 Å². The van der Waals surface area contributed by atoms with Crippen LogP contribution in [0.3, 0.4) is 0 Å². The lowest BCUT2D eigenvalue weighted by atomic mass is 9.80. The summed E-state index contributed by atoms with van der Waals surface area (Å²) in [6.07, 6.45) is 0. The van der Waals surface area contributed by atoms with Crippen molar-refractivity contribution in [1.29, 1.82) is 0 Å². The molecule has 5 rings (SSSR count). The molecule has 0 unspecified atom stereocenters. The van der Waals surface area contributed by atoms with Gasteiger partial charge in [-0.25, -0.2) is 9.37 Å². The van der Waals surface area contributed by atoms with Gasteiger partial charge in [-0.2, -0.15) is 0 Å². The van der Waals surface area contributed by atoms with Crippen molar-refractivity contribution in [3.63, 3.8) is 0 Å². The van der Waals surface area contributed by atoms with Crippen LogP contribution in [-0.2, 0) is 0 Å². The molecule has 1 aliphatic heterocycles. The number of carboxylic acids is 1. The molecule has 0 bridgehead atoms. The predicted molar refractivity (Wildman–Crippen MR) is 203 cm³/mol. The molecule has 0 amide bonds. The normalized spacial score (nSPS) is 10.7. The van der Waals surface area contributed by atoms with Crippen LogP contribution < -0.4 is 30.9 Å². The van der Waals surface area contributed by atoms with E-state index in [1.165, 1.54) is 0 Å². The van der Waals surface area contributed by atoms with Crippen LogP contribution in [0.1, 0.15) is 51.9 Å². The van der Waals surface area contributed by atoms with E-state index in [9.17, 15) is 19.9 Å². The first-order valence-corrected chi connectivity index (χ1v) is 16.8. The zero-order valence-electron chi connectivity index (χ0n) is 28.4. The average Bonchev–Trinajstić information content (AvgIpc) is 3.09. The molecule has 250 valence electrons. The second-order valence-corrected chi connectivity index (χ2v) is 11.2. The molecule has 0 aromatic heterocycles. The van der Waals surface area contributed by atoms with E-state index in [2.05, 4.69) is 59.9 Å². The number of benzene rings is 4. The van der Waals surface area contributed by atoms with Crippen molar-refractivity contribution < 1.29 is 24.4 Å². The Kier molecular flexibility index (Phi) is 12.4. The highest BCUT2D eigenvalue weighted by Gasteiger charge is 2.23. The number of rotatable bonds is 10. The van der Waals surface area contributed by atoms with Gasteiger partial charge in [0, 0.05) is 58.8 Å². The average molecular weight is 668 g/mol. The van der Waals surface area contributed by atoms with E-state index < -0.39 is 13.1 Å². The van der Waals surface area contributed by atoms with Crippen LogP contribution in [0.5, 0.6) is 0 Å². The van der Waals surface area contributed by atoms with E-state index >= 15 is 0 Å². The molecule has 11 heteroatoms. The molecule has 0 fully saturated rings. The first kappa shape index (κ1) is 36.1. The summed E-state index contributed by atoms with van der Waals surface area (Å²) in [5.41, 5.74) is 5.30. The standard InChI is InChI=1S/C35H37BN4O5S.C2H6/c1-5-39(6-2)25-13-16-28-31(20-25)45-32-21-26(40(7-3)8-4)14-17-29(32)33(28)27-15-12-24(19-30(27)34(41)42)38-35(46)37-23-11-9-10-22(18-23)36(43)44;1-2/h9-21,43-44H,5-8H2,1-4H3,(H2,37,41,42,46);1-2H3/p+1. The van der Waals surface area contributed by atoms with Gasteiger partial charge in [0.1, 0.15) is 24.4 Å². The summed E-state index contributed by atoms with van der Waals surface area (Å²) in [4.78, 5) is 15.0. The summed E-state index contributed by atoms with van der Waals surface area (Å²) >= 11 is 5.48. The fourth-order valence-corrected chi connectivity index (χ4v) is 6.05. The van der Waals surface area contributed by atoms with Crippen molar-refractivity contribution >= 4 is 63.9 Å². The van der Waals surface area contributed by atoms with Gasteiger partial charge < -0.3 is 35.1 Å². The number of fused-ring (bicyclic) bond motifs is 2. The molecule has 1 heterocycles. The summed E-state index contributed by atoms with van der Waals surface area (Å²) in [5, 5.41) is 37.5. The number of carbonyl (C=O) groups is 1. The molecule has 2 aliphatic rings. The lowest BCUT2D eigenvalue weighted by Crippen LogP contribution is -2.30. The number of nitrogens with zero attached hydrogens (tertiary/aromatic N) is 2. The number of nitrogens with one attached hydrogen (secondary N) is 2. The Labute approximate surface area is 287 Å². The molecule has 0 saturated heterocycles. The molecule has 3 aromatic rings. The van der Waals surface area contributed by atoms with Gasteiger partial charge in [-0.3, -0.25) is 0 Å². The van der Waals surface area contributed by atoms with Crippen LogP contribution in [0, 0.1) is 0 Å². The van der Waals surface area contributed by atoms with Crippen molar-refractivity contribution in [2.75, 3.05) is 41.7 Å². The van der Waals surface area contributed by atoms with Crippen molar-refractivity contribution in [3.8, 4) is 22.5 Å². The van der Waals surface area contributed by atoms with Gasteiger partial charge in [-0.15, -0.1) is 0 Å². The molecular weight excluding hydrogens is 623 g/mol. The van der Waals surface area contributed by atoms with Gasteiger partial charge in [0.25, 0.3) is 0 Å². The van der Waals surface area contributed by atoms with E-state index in [1.54, 1.807) is 42.5 Å². The van der Waals surface area contributed by atoms with Gasteiger partial charge in [-0.05, 0) is 93.4 Å². The monoisotopic (exact) mass is 667 g/mol. The Hall–Kier alpha value is -4.71. The molecule has 5 N–H and O–H groups in total. The molecule has 1 aliphatic carbocycles. The molecule has 0 atom stereocenters. The van der Waals surface area contributed by atoms with Crippen LogP contribution in [0.2, 0.25) is 0 Å². The Morgan fingerprint density at radius 3 is 2.15 bits per heavy atom. The maximum absolute atomic E-state index is 12.8. The van der Waals surface area contributed by atoms with E-state index in [1.807, 2.05) is 38.1 Å². The highest BCUT2D eigenvalue weighted by atomic mass is 32.1. The Bertz CT molecular complexity index is 1950. The van der Waals surface area contributed by atoms with Gasteiger partial charge in [0.2, 0.25) is 5.36 Å². The summed E-state index contributed by atoms with van der Waals surface area (Å²) in [6, 6.07) is 23.9. The second kappa shape index (κ2) is 16.4. The first-order valence-electron chi connectivity index (χ1n) is 16.4. The van der Waals surface area contributed by atoms with Crippen LogP contribution in [0.25, 0.3) is 33.4 Å². The lowest BCUT2D eigenvalue weighted by molar-refractivity contribution is 0.0697. The minimum atomic E-state index is -1.61. The highest BCUT2D eigenvalue weighted by molar-refractivity contribution is 7.80. The number of hydrogen-bond acceptors (Lipinski definition) is 6. The Morgan fingerprint density at radius 1 is 0.854 bits per heavy atom. The van der Waals surface area contributed by atoms with Crippen LogP contribution in [0.4, 0.5) is 17.1 Å². The summed E-state index contributed by atoms with van der Waals surface area (Å²) in [5.74, 6) is -0.411. The van der Waals surface area contributed by atoms with Crippen molar-refractivity contribution in [3.05, 3.63) is 89.8 Å². The maximum Gasteiger partial charge on any atom is 0.488 e. The van der Waals surface area contributed by atoms with E-state index in [0.717, 1.165) is 53.7 Å². The van der Waals surface area contributed by atoms with Gasteiger partial charge in [-0.1, -0.05) is 32.0 Å². The van der Waals surface area contributed by atoms with Crippen LogP contribution in [-0.4, -0.2) is 59.5 Å². The molecule has 3 aromatic carbocycles. The lowest BCUT2D eigenvalue weighted by Gasteiger charge is -2.22. The van der Waals surface area contributed by atoms with Gasteiger partial charge in [0.05, 0.1) is 11.6 Å². The first-order chi connectivity index (χ1) is 23.2. The zero-order chi connectivity index (χ0) is 35.0. The van der Waals surface area contributed by atoms with Gasteiger partial charge >= 0.3 is 13.1 Å². The SMILES string of the molecule is CC.CCN(CC)c1ccc2c(-c3ccc(NC(=S)Nc4cccc(B(O)O)c4)cc3C(=O)O)c3ccc(=[N+](CC)CC)cc-3oc2c1. The largest absolute Gasteiger partial charge is 0.488 e. The molecule has 0 saturated carbocycles. The number of hydrogen-bond donors (Lipinski definition) is 5. The van der Waals surface area contributed by atoms with Crippen molar-refractivity contribution in [2.24, 2.45) is 0 Å². The fourth-order valence-electron chi connectivity index (χ4n) is 5.82. The smallest absolute Gasteiger partial charge is 0.478 e. The number of carboxylic acid groups (broad SMARTS) is 1. The minimum Gasteiger partial charge on any atom is -0.478 e. The third-order valence-electron chi connectivity index (χ3n) is 8.17. The topological polar surface area (TPSA) is 121 Å². The Balaban J connectivity index is 0.00000255. The molecule has 9 nitrogen and oxygen atoms in total. The van der Waals surface area contributed by atoms with Crippen molar-refractivity contribution in [1.82, 2.24) is 4.58 Å². The van der Waals surface area contributed by atoms with Crippen LogP contribution in [0.15, 0.2) is 83.3 Å². The minimum absolute atomic E-state index is 0.104. The maximum atomic E-state index is 12.8. The zero-order valence-corrected chi connectivity index (χ0v) is 29.2. The number of thiocarbonyl (C=S) groups is 1. The van der Waals surface area contributed by atoms with E-state index in [0.29, 0.717) is 33.7 Å². The van der Waals surface area contributed by atoms with Crippen molar-refractivity contribution in [2.45, 2.75) is 41.5 Å². The number of anilines is 3. The number of aromatic carboxylic acids is 1. The third-order valence-corrected chi connectivity index (χ3v) is 8.37. The third kappa shape index (κ3) is 7.87. The quantitative estimate of drug-likeness (QED) is 0.0523.